The van der Waals surface area contributed by atoms with Crippen molar-refractivity contribution in [1.82, 2.24) is 4.98 Å². The fourth-order valence-electron chi connectivity index (χ4n) is 1.77. The van der Waals surface area contributed by atoms with Crippen LogP contribution in [0, 0.1) is 5.92 Å². The monoisotopic (exact) mass is 238 g/mol. The summed E-state index contributed by atoms with van der Waals surface area (Å²) in [7, 11) is 0. The molecule has 0 aliphatic carbocycles. The number of hydrogen-bond acceptors (Lipinski definition) is 5. The second kappa shape index (κ2) is 4.71. The molecule has 0 saturated carbocycles. The van der Waals surface area contributed by atoms with E-state index in [9.17, 15) is 4.79 Å². The molecular formula is C10H14N4OS. The van der Waals surface area contributed by atoms with Gasteiger partial charge in [0.05, 0.1) is 11.6 Å². The number of carbonyl (C=O) groups is 1. The molecule has 16 heavy (non-hydrogen) atoms. The van der Waals surface area contributed by atoms with Gasteiger partial charge in [0.1, 0.15) is 0 Å². The maximum Gasteiger partial charge on any atom is 0.258 e. The van der Waals surface area contributed by atoms with Crippen LogP contribution in [0.5, 0.6) is 0 Å². The van der Waals surface area contributed by atoms with Crippen LogP contribution >= 0.6 is 11.3 Å². The van der Waals surface area contributed by atoms with Crippen LogP contribution in [0.2, 0.25) is 0 Å². The van der Waals surface area contributed by atoms with Crippen LogP contribution in [0.3, 0.4) is 0 Å². The first-order valence-electron chi connectivity index (χ1n) is 5.28. The fraction of sp³-hybridized carbons (Fsp3) is 0.500. The molecule has 1 aliphatic heterocycles. The van der Waals surface area contributed by atoms with Gasteiger partial charge < -0.3 is 5.73 Å². The molecule has 0 bridgehead atoms. The van der Waals surface area contributed by atoms with Crippen molar-refractivity contribution in [3.8, 4) is 0 Å². The molecule has 0 spiro atoms. The zero-order valence-electron chi connectivity index (χ0n) is 9.09. The molecule has 6 heteroatoms. The van der Waals surface area contributed by atoms with E-state index in [-0.39, 0.29) is 11.8 Å². The van der Waals surface area contributed by atoms with Crippen molar-refractivity contribution >= 4 is 28.1 Å². The summed E-state index contributed by atoms with van der Waals surface area (Å²) in [4.78, 5) is 16.2. The molecule has 1 aromatic rings. The first kappa shape index (κ1) is 11.2. The highest BCUT2D eigenvalue weighted by Gasteiger charge is 2.35. The molecular weight excluding hydrogens is 224 g/mol. The van der Waals surface area contributed by atoms with Crippen molar-refractivity contribution < 1.29 is 4.79 Å². The van der Waals surface area contributed by atoms with Crippen molar-refractivity contribution in [2.45, 2.75) is 19.8 Å². The van der Waals surface area contributed by atoms with Crippen LogP contribution in [-0.4, -0.2) is 23.1 Å². The van der Waals surface area contributed by atoms with Gasteiger partial charge in [0.2, 0.25) is 5.13 Å². The minimum absolute atomic E-state index is 0.00255. The third-order valence-electron chi connectivity index (χ3n) is 2.56. The summed E-state index contributed by atoms with van der Waals surface area (Å²) in [5, 5.41) is 8.20. The number of hydrogen-bond donors (Lipinski definition) is 1. The second-order valence-electron chi connectivity index (χ2n) is 3.54. The van der Waals surface area contributed by atoms with Gasteiger partial charge in [0, 0.05) is 11.6 Å². The first-order valence-corrected chi connectivity index (χ1v) is 6.16. The molecule has 2 N–H and O–H groups in total. The highest BCUT2D eigenvalue weighted by atomic mass is 32.1. The Balaban J connectivity index is 2.24. The topological polar surface area (TPSA) is 71.6 Å². The summed E-state index contributed by atoms with van der Waals surface area (Å²) in [6, 6.07) is 0. The molecule has 0 saturated heterocycles. The van der Waals surface area contributed by atoms with E-state index in [1.165, 1.54) is 16.3 Å². The standard InChI is InChI=1S/C10H14N4OS/c1-2-8-7(3-4-11)9(15)14(13-8)10-12-5-6-16-10/h5-7H,2-4,11H2,1H3. The van der Waals surface area contributed by atoms with Gasteiger partial charge in [0.15, 0.2) is 0 Å². The Hall–Kier alpha value is -1.27. The number of anilines is 1. The third kappa shape index (κ3) is 1.85. The molecule has 0 radical (unpaired) electrons. The lowest BCUT2D eigenvalue weighted by atomic mass is 9.98. The number of hydrazone groups is 1. The summed E-state index contributed by atoms with van der Waals surface area (Å²) >= 11 is 1.41. The molecule has 1 atom stereocenters. The van der Waals surface area contributed by atoms with Gasteiger partial charge in [-0.05, 0) is 19.4 Å². The zero-order valence-corrected chi connectivity index (χ0v) is 9.91. The highest BCUT2D eigenvalue weighted by Crippen LogP contribution is 2.27. The zero-order chi connectivity index (χ0) is 11.5. The molecule has 1 amide bonds. The Morgan fingerprint density at radius 1 is 1.62 bits per heavy atom. The van der Waals surface area contributed by atoms with Gasteiger partial charge in [-0.1, -0.05) is 6.92 Å². The third-order valence-corrected chi connectivity index (χ3v) is 3.30. The quantitative estimate of drug-likeness (QED) is 0.857. The van der Waals surface area contributed by atoms with E-state index in [2.05, 4.69) is 10.1 Å². The Kier molecular flexibility index (Phi) is 3.31. The Bertz CT molecular complexity index is 401. The molecule has 0 aromatic carbocycles. The lowest BCUT2D eigenvalue weighted by Gasteiger charge is -2.10. The predicted octanol–water partition coefficient (Wildman–Crippen LogP) is 1.22. The number of amides is 1. The van der Waals surface area contributed by atoms with Crippen LogP contribution in [0.1, 0.15) is 19.8 Å². The van der Waals surface area contributed by atoms with Gasteiger partial charge in [-0.25, -0.2) is 4.98 Å². The van der Waals surface area contributed by atoms with E-state index in [0.717, 1.165) is 12.1 Å². The van der Waals surface area contributed by atoms with Crippen molar-refractivity contribution in [1.29, 1.82) is 0 Å². The number of aromatic nitrogens is 1. The first-order chi connectivity index (χ1) is 7.77. The summed E-state index contributed by atoms with van der Waals surface area (Å²) in [5.41, 5.74) is 6.42. The maximum atomic E-state index is 12.1. The van der Waals surface area contributed by atoms with E-state index in [0.29, 0.717) is 18.1 Å². The van der Waals surface area contributed by atoms with Crippen molar-refractivity contribution in [2.24, 2.45) is 16.8 Å². The smallest absolute Gasteiger partial charge is 0.258 e. The van der Waals surface area contributed by atoms with E-state index >= 15 is 0 Å². The highest BCUT2D eigenvalue weighted by molar-refractivity contribution is 7.13. The molecule has 1 unspecified atom stereocenters. The molecule has 5 nitrogen and oxygen atoms in total. The average Bonchev–Trinajstić information content (AvgIpc) is 2.89. The van der Waals surface area contributed by atoms with Gasteiger partial charge in [-0.3, -0.25) is 4.79 Å². The van der Waals surface area contributed by atoms with E-state index in [1.54, 1.807) is 6.20 Å². The minimum Gasteiger partial charge on any atom is -0.330 e. The Labute approximate surface area is 98.0 Å². The molecule has 1 aliphatic rings. The normalized spacial score (nSPS) is 20.4. The van der Waals surface area contributed by atoms with Crippen molar-refractivity contribution in [2.75, 3.05) is 11.6 Å². The van der Waals surface area contributed by atoms with Crippen LogP contribution in [0.4, 0.5) is 5.13 Å². The van der Waals surface area contributed by atoms with Gasteiger partial charge >= 0.3 is 0 Å². The Morgan fingerprint density at radius 3 is 3.00 bits per heavy atom. The number of carbonyl (C=O) groups excluding carboxylic acids is 1. The lowest BCUT2D eigenvalue weighted by molar-refractivity contribution is -0.119. The minimum atomic E-state index is -0.154. The summed E-state index contributed by atoms with van der Waals surface area (Å²) in [6.07, 6.45) is 3.11. The van der Waals surface area contributed by atoms with Gasteiger partial charge in [-0.15, -0.1) is 11.3 Å². The summed E-state index contributed by atoms with van der Waals surface area (Å²) in [6.45, 7) is 2.50. The van der Waals surface area contributed by atoms with Crippen LogP contribution < -0.4 is 10.7 Å². The fourth-order valence-corrected chi connectivity index (χ4v) is 2.36. The largest absolute Gasteiger partial charge is 0.330 e. The van der Waals surface area contributed by atoms with E-state index in [4.69, 9.17) is 5.73 Å². The average molecular weight is 238 g/mol. The van der Waals surface area contributed by atoms with Crippen molar-refractivity contribution in [3.63, 3.8) is 0 Å². The number of rotatable bonds is 4. The molecule has 1 aromatic heterocycles. The summed E-state index contributed by atoms with van der Waals surface area (Å²) in [5.74, 6) is -0.156. The number of thiazole rings is 1. The Morgan fingerprint density at radius 2 is 2.44 bits per heavy atom. The van der Waals surface area contributed by atoms with Crippen LogP contribution in [-0.2, 0) is 4.79 Å². The van der Waals surface area contributed by atoms with Crippen molar-refractivity contribution in [3.05, 3.63) is 11.6 Å². The molecule has 2 rings (SSSR count). The number of nitrogens with two attached hydrogens (primary N) is 1. The maximum absolute atomic E-state index is 12.1. The van der Waals surface area contributed by atoms with E-state index < -0.39 is 0 Å². The molecule has 2 heterocycles. The van der Waals surface area contributed by atoms with Gasteiger partial charge in [0.25, 0.3) is 5.91 Å². The second-order valence-corrected chi connectivity index (χ2v) is 4.41. The van der Waals surface area contributed by atoms with Gasteiger partial charge in [-0.2, -0.15) is 10.1 Å². The summed E-state index contributed by atoms with van der Waals surface area (Å²) < 4.78 is 0. The van der Waals surface area contributed by atoms with Crippen LogP contribution in [0.15, 0.2) is 16.7 Å². The predicted molar refractivity (Wildman–Crippen MR) is 64.5 cm³/mol. The number of nitrogens with zero attached hydrogens (tertiary/aromatic N) is 3. The van der Waals surface area contributed by atoms with Crippen LogP contribution in [0.25, 0.3) is 0 Å². The SMILES string of the molecule is CCC1=NN(c2nccs2)C(=O)C1CCN. The lowest BCUT2D eigenvalue weighted by Crippen LogP contribution is -2.28. The molecule has 86 valence electrons. The van der Waals surface area contributed by atoms with E-state index in [1.807, 2.05) is 12.3 Å². The molecule has 0 fully saturated rings.